The van der Waals surface area contributed by atoms with Crippen molar-refractivity contribution in [1.29, 1.82) is 0 Å². The lowest BCUT2D eigenvalue weighted by atomic mass is 9.98. The van der Waals surface area contributed by atoms with Crippen LogP contribution in [0.25, 0.3) is 0 Å². The highest BCUT2D eigenvalue weighted by Crippen LogP contribution is 2.25. The van der Waals surface area contributed by atoms with Gasteiger partial charge in [-0.1, -0.05) is 0 Å². The summed E-state index contributed by atoms with van der Waals surface area (Å²) < 4.78 is 13.9. The summed E-state index contributed by atoms with van der Waals surface area (Å²) in [6.45, 7) is 0.623. The fourth-order valence-electron chi connectivity index (χ4n) is 1.65. The predicted molar refractivity (Wildman–Crippen MR) is 59.5 cm³/mol. The van der Waals surface area contributed by atoms with Gasteiger partial charge in [0.25, 0.3) is 0 Å². The van der Waals surface area contributed by atoms with Crippen LogP contribution in [-0.2, 0) is 4.79 Å². The van der Waals surface area contributed by atoms with Crippen LogP contribution >= 0.6 is 22.6 Å². The first-order chi connectivity index (χ1) is 6.65. The molecule has 0 radical (unpaired) electrons. The van der Waals surface area contributed by atoms with E-state index in [4.69, 9.17) is 0 Å². The minimum Gasteiger partial charge on any atom is -0.355 e. The number of hydrogen-bond donors (Lipinski definition) is 1. The Bertz CT molecular complexity index is 360. The first-order valence-electron chi connectivity index (χ1n) is 4.38. The molecule has 1 fully saturated rings. The molecule has 0 aromatic heterocycles. The van der Waals surface area contributed by atoms with Crippen LogP contribution in [0.15, 0.2) is 18.2 Å². The average Bonchev–Trinajstić information content (AvgIpc) is 2.50. The van der Waals surface area contributed by atoms with Gasteiger partial charge in [0.15, 0.2) is 0 Å². The van der Waals surface area contributed by atoms with E-state index in [1.54, 1.807) is 0 Å². The fourth-order valence-corrected chi connectivity index (χ4v) is 2.31. The highest BCUT2D eigenvalue weighted by molar-refractivity contribution is 14.1. The summed E-state index contributed by atoms with van der Waals surface area (Å²) in [5, 5.41) is 2.74. The van der Waals surface area contributed by atoms with Crippen molar-refractivity contribution >= 4 is 28.5 Å². The Hall–Kier alpha value is -0.650. The molecule has 1 unspecified atom stereocenters. The summed E-state index contributed by atoms with van der Waals surface area (Å²) >= 11 is 2.08. The molecule has 0 spiro atoms. The Morgan fingerprint density at radius 1 is 1.43 bits per heavy atom. The van der Waals surface area contributed by atoms with Crippen molar-refractivity contribution in [3.05, 3.63) is 33.1 Å². The van der Waals surface area contributed by atoms with Crippen LogP contribution in [0.4, 0.5) is 4.39 Å². The van der Waals surface area contributed by atoms with Gasteiger partial charge in [0.05, 0.1) is 0 Å². The quantitative estimate of drug-likeness (QED) is 0.790. The standard InChI is InChI=1S/C10H9FINO/c11-8-1-6(2-9(12)4-8)7-3-10(14)13-5-7/h1-2,4,7H,3,5H2,(H,13,14). The van der Waals surface area contributed by atoms with Gasteiger partial charge in [-0.05, 0) is 46.4 Å². The zero-order valence-electron chi connectivity index (χ0n) is 7.39. The molecular weight excluding hydrogens is 296 g/mol. The SMILES string of the molecule is O=C1CC(c2cc(F)cc(I)c2)CN1. The molecule has 4 heteroatoms. The second-order valence-corrected chi connectivity index (χ2v) is 4.65. The van der Waals surface area contributed by atoms with E-state index in [0.717, 1.165) is 9.13 Å². The van der Waals surface area contributed by atoms with Crippen LogP contribution in [0.3, 0.4) is 0 Å². The number of carbonyl (C=O) groups excluding carboxylic acids is 1. The lowest BCUT2D eigenvalue weighted by Crippen LogP contribution is -2.13. The lowest BCUT2D eigenvalue weighted by molar-refractivity contribution is -0.119. The normalized spacial score (nSPS) is 21.0. The monoisotopic (exact) mass is 305 g/mol. The molecule has 0 bridgehead atoms. The zero-order valence-corrected chi connectivity index (χ0v) is 9.55. The third-order valence-corrected chi connectivity index (χ3v) is 2.96. The second kappa shape index (κ2) is 3.84. The van der Waals surface area contributed by atoms with E-state index in [9.17, 15) is 9.18 Å². The third-order valence-electron chi connectivity index (χ3n) is 2.33. The molecule has 1 atom stereocenters. The highest BCUT2D eigenvalue weighted by atomic mass is 127. The number of hydrogen-bond acceptors (Lipinski definition) is 1. The molecule has 2 nitrogen and oxygen atoms in total. The van der Waals surface area contributed by atoms with Gasteiger partial charge in [-0.2, -0.15) is 0 Å². The van der Waals surface area contributed by atoms with Crippen molar-refractivity contribution < 1.29 is 9.18 Å². The number of rotatable bonds is 1. The highest BCUT2D eigenvalue weighted by Gasteiger charge is 2.23. The molecule has 1 aliphatic rings. The second-order valence-electron chi connectivity index (χ2n) is 3.41. The summed E-state index contributed by atoms with van der Waals surface area (Å²) in [7, 11) is 0. The average molecular weight is 305 g/mol. The molecule has 1 aromatic carbocycles. The molecule has 0 saturated carbocycles. The lowest BCUT2D eigenvalue weighted by Gasteiger charge is -2.07. The van der Waals surface area contributed by atoms with E-state index in [1.165, 1.54) is 12.1 Å². The van der Waals surface area contributed by atoms with E-state index in [1.807, 2.05) is 6.07 Å². The van der Waals surface area contributed by atoms with Crippen molar-refractivity contribution in [1.82, 2.24) is 5.32 Å². The van der Waals surface area contributed by atoms with Crippen molar-refractivity contribution in [2.24, 2.45) is 0 Å². The van der Waals surface area contributed by atoms with Crippen LogP contribution in [-0.4, -0.2) is 12.5 Å². The molecule has 1 N–H and O–H groups in total. The molecule has 1 aliphatic heterocycles. The molecule has 1 aromatic rings. The van der Waals surface area contributed by atoms with Gasteiger partial charge in [0.2, 0.25) is 5.91 Å². The van der Waals surface area contributed by atoms with Crippen molar-refractivity contribution in [2.45, 2.75) is 12.3 Å². The largest absolute Gasteiger partial charge is 0.355 e. The minimum atomic E-state index is -0.230. The Labute approximate surface area is 95.0 Å². The van der Waals surface area contributed by atoms with Gasteiger partial charge in [-0.15, -0.1) is 0 Å². The maximum absolute atomic E-state index is 13.1. The van der Waals surface area contributed by atoms with E-state index in [-0.39, 0.29) is 17.6 Å². The van der Waals surface area contributed by atoms with E-state index >= 15 is 0 Å². The summed E-state index contributed by atoms with van der Waals surface area (Å²) in [5.74, 6) is -0.0489. The summed E-state index contributed by atoms with van der Waals surface area (Å²) in [6.07, 6.45) is 0.472. The fraction of sp³-hybridized carbons (Fsp3) is 0.300. The summed E-state index contributed by atoms with van der Waals surface area (Å²) in [5.41, 5.74) is 0.910. The van der Waals surface area contributed by atoms with Gasteiger partial charge in [-0.25, -0.2) is 4.39 Å². The van der Waals surface area contributed by atoms with Crippen molar-refractivity contribution in [2.75, 3.05) is 6.54 Å². The number of amides is 1. The molecule has 74 valence electrons. The molecule has 14 heavy (non-hydrogen) atoms. The summed E-state index contributed by atoms with van der Waals surface area (Å²) in [4.78, 5) is 11.0. The Kier molecular flexibility index (Phi) is 2.71. The van der Waals surface area contributed by atoms with E-state index in [2.05, 4.69) is 27.9 Å². The number of benzene rings is 1. The zero-order chi connectivity index (χ0) is 10.1. The summed E-state index contributed by atoms with van der Waals surface area (Å²) in [6, 6.07) is 4.91. The molecule has 2 rings (SSSR count). The van der Waals surface area contributed by atoms with Crippen LogP contribution in [0.1, 0.15) is 17.9 Å². The molecule has 1 saturated heterocycles. The molecule has 1 heterocycles. The number of nitrogens with one attached hydrogen (secondary N) is 1. The van der Waals surface area contributed by atoms with Crippen molar-refractivity contribution in [3.63, 3.8) is 0 Å². The van der Waals surface area contributed by atoms with Crippen molar-refractivity contribution in [3.8, 4) is 0 Å². The van der Waals surface area contributed by atoms with Crippen LogP contribution in [0.2, 0.25) is 0 Å². The van der Waals surface area contributed by atoms with Gasteiger partial charge in [-0.3, -0.25) is 4.79 Å². The maximum atomic E-state index is 13.1. The smallest absolute Gasteiger partial charge is 0.220 e. The minimum absolute atomic E-state index is 0.0502. The van der Waals surface area contributed by atoms with Crippen LogP contribution in [0, 0.1) is 9.39 Å². The first-order valence-corrected chi connectivity index (χ1v) is 5.46. The topological polar surface area (TPSA) is 29.1 Å². The van der Waals surface area contributed by atoms with Gasteiger partial charge in [0, 0.05) is 22.5 Å². The van der Waals surface area contributed by atoms with Gasteiger partial charge < -0.3 is 5.32 Å². The Balaban J connectivity index is 2.27. The maximum Gasteiger partial charge on any atom is 0.220 e. The molecule has 0 aliphatic carbocycles. The van der Waals surface area contributed by atoms with E-state index < -0.39 is 0 Å². The Morgan fingerprint density at radius 2 is 2.21 bits per heavy atom. The Morgan fingerprint density at radius 3 is 2.79 bits per heavy atom. The van der Waals surface area contributed by atoms with Crippen LogP contribution < -0.4 is 5.32 Å². The van der Waals surface area contributed by atoms with Gasteiger partial charge >= 0.3 is 0 Å². The molecular formula is C10H9FINO. The van der Waals surface area contributed by atoms with Gasteiger partial charge in [0.1, 0.15) is 5.82 Å². The van der Waals surface area contributed by atoms with Crippen LogP contribution in [0.5, 0.6) is 0 Å². The number of carbonyl (C=O) groups is 1. The third kappa shape index (κ3) is 2.05. The number of halogens is 2. The predicted octanol–water partition coefficient (Wildman–Crippen LogP) is 2.03. The molecule has 1 amide bonds. The van der Waals surface area contributed by atoms with E-state index in [0.29, 0.717) is 13.0 Å². The first kappa shape index (κ1) is 9.89.